The first-order valence-electron chi connectivity index (χ1n) is 8.96. The van der Waals surface area contributed by atoms with Gasteiger partial charge >= 0.3 is 0 Å². The second-order valence-electron chi connectivity index (χ2n) is 7.35. The molecule has 120 valence electrons. The standard InChI is InChI=1S/C22H28Si/c1-19(17-20-11-9-10-12-20)18-23(2,21-13-5-3-6-14-21)22-15-7-4-8-16-22/h3-8,13-16,20H,1,9-12,17-18H2,2H3. The molecule has 0 nitrogen and oxygen atoms in total. The summed E-state index contributed by atoms with van der Waals surface area (Å²) in [5, 5.41) is 3.05. The van der Waals surface area contributed by atoms with Crippen molar-refractivity contribution in [2.45, 2.75) is 44.7 Å². The van der Waals surface area contributed by atoms with Crippen molar-refractivity contribution >= 4 is 18.4 Å². The summed E-state index contributed by atoms with van der Waals surface area (Å²) in [6, 6.07) is 23.4. The van der Waals surface area contributed by atoms with E-state index >= 15 is 0 Å². The molecule has 0 bridgehead atoms. The van der Waals surface area contributed by atoms with Crippen LogP contribution in [-0.4, -0.2) is 8.07 Å². The summed E-state index contributed by atoms with van der Waals surface area (Å²) in [6.45, 7) is 7.00. The highest BCUT2D eigenvalue weighted by atomic mass is 28.3. The lowest BCUT2D eigenvalue weighted by Gasteiger charge is -2.30. The number of rotatable bonds is 6. The minimum absolute atomic E-state index is 0.896. The molecule has 0 heterocycles. The van der Waals surface area contributed by atoms with E-state index in [1.54, 1.807) is 0 Å². The fraction of sp³-hybridized carbons (Fsp3) is 0.364. The average molecular weight is 321 g/mol. The van der Waals surface area contributed by atoms with Gasteiger partial charge in [-0.25, -0.2) is 0 Å². The Bertz CT molecular complexity index is 584. The third-order valence-corrected chi connectivity index (χ3v) is 9.90. The Kier molecular flexibility index (Phi) is 5.17. The summed E-state index contributed by atoms with van der Waals surface area (Å²) in [6.07, 6.45) is 6.90. The molecule has 0 radical (unpaired) electrons. The summed E-state index contributed by atoms with van der Waals surface area (Å²) in [4.78, 5) is 0. The minimum atomic E-state index is -1.74. The second-order valence-corrected chi connectivity index (χ2v) is 11.5. The van der Waals surface area contributed by atoms with Crippen molar-refractivity contribution < 1.29 is 0 Å². The van der Waals surface area contributed by atoms with Crippen LogP contribution in [0.3, 0.4) is 0 Å². The van der Waals surface area contributed by atoms with Gasteiger partial charge in [0.05, 0.1) is 0 Å². The average Bonchev–Trinajstić information content (AvgIpc) is 3.09. The zero-order chi connectivity index (χ0) is 16.1. The van der Waals surface area contributed by atoms with E-state index in [0.29, 0.717) is 0 Å². The molecule has 0 atom stereocenters. The molecular formula is C22H28Si. The van der Waals surface area contributed by atoms with Crippen molar-refractivity contribution in [3.05, 3.63) is 72.8 Å². The molecule has 2 aromatic carbocycles. The Labute approximate surface area is 142 Å². The maximum atomic E-state index is 4.49. The van der Waals surface area contributed by atoms with Gasteiger partial charge in [-0.1, -0.05) is 109 Å². The van der Waals surface area contributed by atoms with Crippen LogP contribution in [0.15, 0.2) is 72.8 Å². The van der Waals surface area contributed by atoms with Crippen LogP contribution in [0.2, 0.25) is 12.6 Å². The lowest BCUT2D eigenvalue weighted by atomic mass is 10.00. The quantitative estimate of drug-likeness (QED) is 0.518. The van der Waals surface area contributed by atoms with E-state index in [1.807, 2.05) is 0 Å². The summed E-state index contributed by atoms with van der Waals surface area (Å²) in [7, 11) is -1.74. The summed E-state index contributed by atoms with van der Waals surface area (Å²) in [5.41, 5.74) is 1.47. The summed E-state index contributed by atoms with van der Waals surface area (Å²) < 4.78 is 0. The van der Waals surface area contributed by atoms with Gasteiger partial charge in [0.15, 0.2) is 0 Å². The molecule has 23 heavy (non-hydrogen) atoms. The number of allylic oxidation sites excluding steroid dienone is 1. The van der Waals surface area contributed by atoms with Crippen LogP contribution >= 0.6 is 0 Å². The Balaban J connectivity index is 1.85. The van der Waals surface area contributed by atoms with Crippen LogP contribution in [0.25, 0.3) is 0 Å². The van der Waals surface area contributed by atoms with Gasteiger partial charge in [-0.2, -0.15) is 0 Å². The summed E-state index contributed by atoms with van der Waals surface area (Å²) >= 11 is 0. The van der Waals surface area contributed by atoms with E-state index in [0.717, 1.165) is 5.92 Å². The first-order chi connectivity index (χ1) is 11.2. The van der Waals surface area contributed by atoms with Crippen molar-refractivity contribution in [1.82, 2.24) is 0 Å². The van der Waals surface area contributed by atoms with E-state index < -0.39 is 8.07 Å². The maximum absolute atomic E-state index is 4.49. The normalized spacial score (nSPS) is 15.7. The largest absolute Gasteiger partial charge is 0.119 e. The van der Waals surface area contributed by atoms with Gasteiger partial charge in [-0.3, -0.25) is 0 Å². The fourth-order valence-corrected chi connectivity index (χ4v) is 7.92. The molecule has 2 aromatic rings. The molecule has 0 amide bonds. The lowest BCUT2D eigenvalue weighted by molar-refractivity contribution is 0.544. The molecule has 1 aliphatic carbocycles. The Hall–Kier alpha value is -1.60. The zero-order valence-corrected chi connectivity index (χ0v) is 15.3. The molecule has 1 fully saturated rings. The topological polar surface area (TPSA) is 0 Å². The highest BCUT2D eigenvalue weighted by molar-refractivity contribution is 7.01. The van der Waals surface area contributed by atoms with Gasteiger partial charge in [-0.05, 0) is 18.4 Å². The molecule has 0 N–H and O–H groups in total. The molecule has 1 heteroatoms. The third-order valence-electron chi connectivity index (χ3n) is 5.48. The van der Waals surface area contributed by atoms with E-state index in [4.69, 9.17) is 0 Å². The Morgan fingerprint density at radius 1 is 0.913 bits per heavy atom. The molecule has 3 rings (SSSR count). The van der Waals surface area contributed by atoms with Crippen molar-refractivity contribution in [3.63, 3.8) is 0 Å². The molecule has 0 spiro atoms. The molecule has 1 saturated carbocycles. The minimum Gasteiger partial charge on any atom is -0.100 e. The molecule has 0 aromatic heterocycles. The predicted molar refractivity (Wildman–Crippen MR) is 104 cm³/mol. The van der Waals surface area contributed by atoms with E-state index in [2.05, 4.69) is 73.8 Å². The smallest absolute Gasteiger partial charge is 0.100 e. The van der Waals surface area contributed by atoms with Gasteiger partial charge < -0.3 is 0 Å². The molecule has 0 unspecified atom stereocenters. The number of benzene rings is 2. The van der Waals surface area contributed by atoms with Crippen LogP contribution in [0.5, 0.6) is 0 Å². The Morgan fingerprint density at radius 3 is 1.87 bits per heavy atom. The van der Waals surface area contributed by atoms with Crippen LogP contribution < -0.4 is 10.4 Å². The van der Waals surface area contributed by atoms with Crippen LogP contribution in [0.4, 0.5) is 0 Å². The van der Waals surface area contributed by atoms with E-state index in [1.165, 1.54) is 54.1 Å². The summed E-state index contributed by atoms with van der Waals surface area (Å²) in [5.74, 6) is 0.896. The van der Waals surface area contributed by atoms with Gasteiger partial charge in [0, 0.05) is 0 Å². The lowest BCUT2D eigenvalue weighted by Crippen LogP contribution is -2.55. The van der Waals surface area contributed by atoms with Crippen molar-refractivity contribution in [3.8, 4) is 0 Å². The molecule has 1 aliphatic rings. The van der Waals surface area contributed by atoms with Crippen molar-refractivity contribution in [2.24, 2.45) is 5.92 Å². The monoisotopic (exact) mass is 320 g/mol. The van der Waals surface area contributed by atoms with Gasteiger partial charge in [0.2, 0.25) is 0 Å². The van der Waals surface area contributed by atoms with Crippen molar-refractivity contribution in [2.75, 3.05) is 0 Å². The first kappa shape index (κ1) is 16.3. The molecular weight excluding hydrogens is 292 g/mol. The number of hydrogen-bond donors (Lipinski definition) is 0. The van der Waals surface area contributed by atoms with E-state index in [9.17, 15) is 0 Å². The highest BCUT2D eigenvalue weighted by Gasteiger charge is 2.32. The van der Waals surface area contributed by atoms with E-state index in [-0.39, 0.29) is 0 Å². The second kappa shape index (κ2) is 7.31. The maximum Gasteiger partial charge on any atom is 0.119 e. The SMILES string of the molecule is C=C(CC1CCCC1)C[Si](C)(c1ccccc1)c1ccccc1. The number of hydrogen-bond acceptors (Lipinski definition) is 0. The van der Waals surface area contributed by atoms with Gasteiger partial charge in [-0.15, -0.1) is 6.58 Å². The molecule has 0 saturated heterocycles. The van der Waals surface area contributed by atoms with Gasteiger partial charge in [0.25, 0.3) is 0 Å². The zero-order valence-electron chi connectivity index (χ0n) is 14.3. The predicted octanol–water partition coefficient (Wildman–Crippen LogP) is 5.02. The Morgan fingerprint density at radius 2 is 1.39 bits per heavy atom. The van der Waals surface area contributed by atoms with Crippen molar-refractivity contribution in [1.29, 1.82) is 0 Å². The van der Waals surface area contributed by atoms with Crippen LogP contribution in [0, 0.1) is 5.92 Å². The van der Waals surface area contributed by atoms with Crippen LogP contribution in [-0.2, 0) is 0 Å². The first-order valence-corrected chi connectivity index (χ1v) is 11.7. The fourth-order valence-electron chi connectivity index (χ4n) is 4.18. The molecule has 0 aliphatic heterocycles. The highest BCUT2D eigenvalue weighted by Crippen LogP contribution is 2.32. The third kappa shape index (κ3) is 3.84. The van der Waals surface area contributed by atoms with Crippen LogP contribution in [0.1, 0.15) is 32.1 Å². The van der Waals surface area contributed by atoms with Gasteiger partial charge in [0.1, 0.15) is 8.07 Å².